The van der Waals surface area contributed by atoms with Crippen LogP contribution in [0.1, 0.15) is 22.8 Å². The molecule has 0 radical (unpaired) electrons. The second-order valence-electron chi connectivity index (χ2n) is 6.31. The highest BCUT2D eigenvalue weighted by atomic mass is 32.2. The monoisotopic (exact) mass is 409 g/mol. The molecule has 0 bridgehead atoms. The van der Waals surface area contributed by atoms with Gasteiger partial charge in [0.25, 0.3) is 5.91 Å². The third-order valence-corrected chi connectivity index (χ3v) is 5.06. The van der Waals surface area contributed by atoms with Gasteiger partial charge in [0.1, 0.15) is 23.1 Å². The number of benzene rings is 1. The standard InChI is InChI=1S/C21H23N5O2S/c1-4-26(13-27)19-17(20(28)23-16-7-5-14(2)6-8-16)21(29-3)25-18(24-19)15-9-11-22-12-10-15/h5-12,27H,4,13H2,1-3H3,(H,23,28). The minimum atomic E-state index is -0.318. The minimum absolute atomic E-state index is 0.262. The normalized spacial score (nSPS) is 10.6. The number of nitrogens with zero attached hydrogens (tertiary/aromatic N) is 4. The van der Waals surface area contributed by atoms with Crippen molar-refractivity contribution in [1.29, 1.82) is 0 Å². The van der Waals surface area contributed by atoms with Crippen molar-refractivity contribution < 1.29 is 9.90 Å². The largest absolute Gasteiger partial charge is 0.376 e. The van der Waals surface area contributed by atoms with Crippen molar-refractivity contribution in [2.45, 2.75) is 18.9 Å². The van der Waals surface area contributed by atoms with Crippen LogP contribution in [0.2, 0.25) is 0 Å². The van der Waals surface area contributed by atoms with Crippen molar-refractivity contribution in [3.63, 3.8) is 0 Å². The maximum Gasteiger partial charge on any atom is 0.262 e. The van der Waals surface area contributed by atoms with E-state index < -0.39 is 0 Å². The number of aliphatic hydroxyl groups is 1. The molecule has 0 aliphatic rings. The van der Waals surface area contributed by atoms with E-state index >= 15 is 0 Å². The van der Waals surface area contributed by atoms with E-state index in [4.69, 9.17) is 0 Å². The van der Waals surface area contributed by atoms with Gasteiger partial charge in [-0.2, -0.15) is 0 Å². The van der Waals surface area contributed by atoms with Crippen molar-refractivity contribution in [3.05, 3.63) is 59.9 Å². The van der Waals surface area contributed by atoms with Crippen LogP contribution in [0.3, 0.4) is 0 Å². The van der Waals surface area contributed by atoms with Gasteiger partial charge in [-0.15, -0.1) is 11.8 Å². The summed E-state index contributed by atoms with van der Waals surface area (Å²) in [5.41, 5.74) is 2.92. The zero-order valence-corrected chi connectivity index (χ0v) is 17.4. The summed E-state index contributed by atoms with van der Waals surface area (Å²) in [5.74, 6) is 0.553. The lowest BCUT2D eigenvalue weighted by Crippen LogP contribution is -2.29. The third-order valence-electron chi connectivity index (χ3n) is 4.38. The van der Waals surface area contributed by atoms with E-state index in [1.54, 1.807) is 17.3 Å². The number of nitrogens with one attached hydrogen (secondary N) is 1. The Morgan fingerprint density at radius 3 is 2.41 bits per heavy atom. The average molecular weight is 410 g/mol. The van der Waals surface area contributed by atoms with Gasteiger partial charge in [-0.25, -0.2) is 9.97 Å². The molecule has 2 heterocycles. The molecule has 7 nitrogen and oxygen atoms in total. The lowest BCUT2D eigenvalue weighted by Gasteiger charge is -2.23. The SMILES string of the molecule is CCN(CO)c1nc(-c2ccncc2)nc(SC)c1C(=O)Nc1ccc(C)cc1. The zero-order chi connectivity index (χ0) is 20.8. The quantitative estimate of drug-likeness (QED) is 0.350. The van der Waals surface area contributed by atoms with Crippen molar-refractivity contribution in [2.24, 2.45) is 0 Å². The molecule has 3 rings (SSSR count). The summed E-state index contributed by atoms with van der Waals surface area (Å²) in [6, 6.07) is 11.2. The van der Waals surface area contributed by atoms with E-state index in [9.17, 15) is 9.90 Å². The summed E-state index contributed by atoms with van der Waals surface area (Å²) in [6.45, 7) is 4.11. The van der Waals surface area contributed by atoms with Gasteiger partial charge in [-0.1, -0.05) is 17.7 Å². The topological polar surface area (TPSA) is 91.2 Å². The predicted octanol–water partition coefficient (Wildman–Crippen LogP) is 3.60. The Labute approximate surface area is 174 Å². The maximum atomic E-state index is 13.2. The third kappa shape index (κ3) is 4.72. The van der Waals surface area contributed by atoms with Gasteiger partial charge in [0.05, 0.1) is 0 Å². The number of carbonyl (C=O) groups excluding carboxylic acids is 1. The maximum absolute atomic E-state index is 13.2. The minimum Gasteiger partial charge on any atom is -0.376 e. The Morgan fingerprint density at radius 1 is 1.14 bits per heavy atom. The number of aryl methyl sites for hydroxylation is 1. The first-order chi connectivity index (χ1) is 14.1. The van der Waals surface area contributed by atoms with Crippen LogP contribution in [0.15, 0.2) is 53.8 Å². The van der Waals surface area contributed by atoms with E-state index in [2.05, 4.69) is 20.3 Å². The van der Waals surface area contributed by atoms with Gasteiger partial charge < -0.3 is 15.3 Å². The van der Waals surface area contributed by atoms with E-state index in [1.807, 2.05) is 56.5 Å². The van der Waals surface area contributed by atoms with Crippen LogP contribution in [0.25, 0.3) is 11.4 Å². The highest BCUT2D eigenvalue weighted by Gasteiger charge is 2.24. The van der Waals surface area contributed by atoms with E-state index in [0.717, 1.165) is 11.1 Å². The molecule has 3 aromatic rings. The van der Waals surface area contributed by atoms with Crippen LogP contribution in [-0.2, 0) is 0 Å². The Kier molecular flexibility index (Phi) is 6.79. The second kappa shape index (κ2) is 9.49. The number of aromatic nitrogens is 3. The van der Waals surface area contributed by atoms with Crippen molar-refractivity contribution in [2.75, 3.05) is 29.7 Å². The molecule has 0 aliphatic carbocycles. The van der Waals surface area contributed by atoms with Gasteiger partial charge in [0, 0.05) is 30.2 Å². The number of hydrogen-bond acceptors (Lipinski definition) is 7. The van der Waals surface area contributed by atoms with E-state index in [1.165, 1.54) is 11.8 Å². The Bertz CT molecular complexity index is 976. The molecule has 8 heteroatoms. The zero-order valence-electron chi connectivity index (χ0n) is 16.6. The average Bonchev–Trinajstić information content (AvgIpc) is 2.76. The number of pyridine rings is 1. The van der Waals surface area contributed by atoms with Gasteiger partial charge in [-0.05, 0) is 44.4 Å². The van der Waals surface area contributed by atoms with Crippen LogP contribution in [-0.4, -0.2) is 45.5 Å². The molecule has 150 valence electrons. The molecule has 2 N–H and O–H groups in total. The number of thioether (sulfide) groups is 1. The first kappa shape index (κ1) is 20.8. The number of hydrogen-bond donors (Lipinski definition) is 2. The highest BCUT2D eigenvalue weighted by molar-refractivity contribution is 7.98. The molecule has 1 aromatic carbocycles. The Morgan fingerprint density at radius 2 is 1.83 bits per heavy atom. The smallest absolute Gasteiger partial charge is 0.262 e. The number of carbonyl (C=O) groups is 1. The van der Waals surface area contributed by atoms with Gasteiger partial charge in [0.15, 0.2) is 5.82 Å². The molecule has 0 unspecified atom stereocenters. The number of rotatable bonds is 7. The molecule has 29 heavy (non-hydrogen) atoms. The Balaban J connectivity index is 2.10. The predicted molar refractivity (Wildman–Crippen MR) is 116 cm³/mol. The lowest BCUT2D eigenvalue weighted by molar-refractivity contribution is 0.102. The summed E-state index contributed by atoms with van der Waals surface area (Å²) in [5, 5.41) is 13.3. The first-order valence-corrected chi connectivity index (χ1v) is 10.4. The Hall–Kier alpha value is -2.97. The van der Waals surface area contributed by atoms with E-state index in [-0.39, 0.29) is 12.6 Å². The van der Waals surface area contributed by atoms with Crippen molar-refractivity contribution >= 4 is 29.2 Å². The number of amides is 1. The number of anilines is 2. The fourth-order valence-corrected chi connectivity index (χ4v) is 3.35. The summed E-state index contributed by atoms with van der Waals surface area (Å²) in [6.07, 6.45) is 5.19. The molecule has 0 saturated heterocycles. The second-order valence-corrected chi connectivity index (χ2v) is 7.10. The first-order valence-electron chi connectivity index (χ1n) is 9.17. The molecular formula is C21H23N5O2S. The fourth-order valence-electron chi connectivity index (χ4n) is 2.78. The highest BCUT2D eigenvalue weighted by Crippen LogP contribution is 2.30. The van der Waals surface area contributed by atoms with Crippen molar-refractivity contribution in [3.8, 4) is 11.4 Å². The van der Waals surface area contributed by atoms with Crippen molar-refractivity contribution in [1.82, 2.24) is 15.0 Å². The molecule has 0 spiro atoms. The number of aliphatic hydroxyl groups excluding tert-OH is 1. The molecular weight excluding hydrogens is 386 g/mol. The molecule has 0 saturated carbocycles. The summed E-state index contributed by atoms with van der Waals surface area (Å²) >= 11 is 1.36. The summed E-state index contributed by atoms with van der Waals surface area (Å²) in [4.78, 5) is 28.1. The molecule has 0 atom stereocenters. The van der Waals surface area contributed by atoms with Crippen LogP contribution in [0.4, 0.5) is 11.5 Å². The molecule has 1 amide bonds. The molecule has 2 aromatic heterocycles. The van der Waals surface area contributed by atoms with Crippen LogP contribution < -0.4 is 10.2 Å². The fraction of sp³-hybridized carbons (Fsp3) is 0.238. The van der Waals surface area contributed by atoms with Crippen LogP contribution in [0, 0.1) is 6.92 Å². The molecule has 0 aliphatic heterocycles. The van der Waals surface area contributed by atoms with Gasteiger partial charge in [0.2, 0.25) is 0 Å². The van der Waals surface area contributed by atoms with Gasteiger partial charge in [-0.3, -0.25) is 9.78 Å². The van der Waals surface area contributed by atoms with Crippen LogP contribution in [0.5, 0.6) is 0 Å². The molecule has 0 fully saturated rings. The lowest BCUT2D eigenvalue weighted by atomic mass is 10.2. The summed E-state index contributed by atoms with van der Waals surface area (Å²) in [7, 11) is 0. The summed E-state index contributed by atoms with van der Waals surface area (Å²) < 4.78 is 0. The van der Waals surface area contributed by atoms with Gasteiger partial charge >= 0.3 is 0 Å². The van der Waals surface area contributed by atoms with E-state index in [0.29, 0.717) is 34.5 Å². The van der Waals surface area contributed by atoms with Crippen LogP contribution >= 0.6 is 11.8 Å².